The molecule has 0 radical (unpaired) electrons. The Morgan fingerprint density at radius 2 is 0.675 bits per heavy atom. The number of hydrogen-bond acceptors (Lipinski definition) is 0. The van der Waals surface area contributed by atoms with Crippen LogP contribution < -0.4 is 0 Å². The van der Waals surface area contributed by atoms with Gasteiger partial charge in [-0.25, -0.2) is 0 Å². The monoisotopic (exact) mass is 1130 g/mol. The second-order valence-corrected chi connectivity index (χ2v) is 22.3. The number of rotatable bonds is 5. The van der Waals surface area contributed by atoms with Crippen molar-refractivity contribution in [1.82, 2.24) is 22.8 Å². The van der Waals surface area contributed by atoms with E-state index in [9.17, 15) is 0 Å². The third-order valence-corrected chi connectivity index (χ3v) is 17.2. The molecule has 1 aliphatic carbocycles. The van der Waals surface area contributed by atoms with E-state index in [0.717, 1.165) is 28.0 Å². The molecule has 5 heterocycles. The van der Waals surface area contributed by atoms with Crippen molar-refractivity contribution in [3.63, 3.8) is 0 Å². The normalized spacial score (nSPS) is 12.1. The van der Waals surface area contributed by atoms with Crippen LogP contribution in [-0.2, 0) is 6.42 Å². The van der Waals surface area contributed by atoms with Gasteiger partial charge in [-0.05, 0) is 121 Å². The summed E-state index contributed by atoms with van der Waals surface area (Å²) in [6, 6.07) is 102. The molecule has 0 saturated carbocycles. The molecule has 0 bridgehead atoms. The zero-order valence-electron chi connectivity index (χ0n) is 45.2. The van der Waals surface area contributed by atoms with E-state index in [1.54, 1.807) is 0 Å². The first kappa shape index (κ1) is 48.5. The predicted molar refractivity (Wildman–Crippen MR) is 354 cm³/mol. The summed E-state index contributed by atoms with van der Waals surface area (Å²) in [5.74, 6) is 0. The largest absolute Gasteiger partial charge is 0.315 e. The number of fused-ring (bicyclic) bond motifs is 16. The molecule has 17 aromatic rings. The summed E-state index contributed by atoms with van der Waals surface area (Å²) < 4.78 is 13.0. The van der Waals surface area contributed by atoms with Crippen LogP contribution in [0, 0.1) is 0 Å². The first-order valence-corrected chi connectivity index (χ1v) is 29.1. The van der Waals surface area contributed by atoms with Gasteiger partial charge in [-0.15, -0.1) is 0 Å². The molecule has 0 atom stereocenters. The van der Waals surface area contributed by atoms with E-state index in [1.807, 2.05) is 0 Å². The fourth-order valence-corrected chi connectivity index (χ4v) is 13.6. The lowest BCUT2D eigenvalue weighted by atomic mass is 10.0. The number of halogens is 1. The molecular formula is C77H52BrN5. The van der Waals surface area contributed by atoms with Crippen LogP contribution in [0.5, 0.6) is 0 Å². The third-order valence-electron chi connectivity index (χ3n) is 16.7. The SMILES string of the molecule is Brc1cccc(-n2c3ccccc3c3ccccc32)c1.C1=Cc2ccc3c4ccccc4n(-c4ccccc4)c3c2C1.c1ccc(-n2c3ccccc3c3ccc4ccn(-c5cccc(-n6c7ccccc7c7ccccc76)c5)c4c32)cc1. The number of para-hydroxylation sites is 8. The summed E-state index contributed by atoms with van der Waals surface area (Å²) in [6.45, 7) is 0. The average Bonchev–Trinajstić information content (AvgIpc) is 4.10. The van der Waals surface area contributed by atoms with Gasteiger partial charge in [0.1, 0.15) is 0 Å². The second kappa shape index (κ2) is 20.0. The van der Waals surface area contributed by atoms with Crippen LogP contribution in [0.3, 0.4) is 0 Å². The van der Waals surface area contributed by atoms with Gasteiger partial charge in [0.05, 0.1) is 49.7 Å². The van der Waals surface area contributed by atoms with Gasteiger partial charge < -0.3 is 22.8 Å². The minimum Gasteiger partial charge on any atom is -0.315 e. The Morgan fingerprint density at radius 1 is 0.277 bits per heavy atom. The molecule has 0 saturated heterocycles. The van der Waals surface area contributed by atoms with Crippen molar-refractivity contribution in [2.75, 3.05) is 0 Å². The highest BCUT2D eigenvalue weighted by atomic mass is 79.9. The summed E-state index contributed by atoms with van der Waals surface area (Å²) in [4.78, 5) is 0. The van der Waals surface area contributed by atoms with Crippen LogP contribution in [0.25, 0.3) is 133 Å². The van der Waals surface area contributed by atoms with Gasteiger partial charge in [-0.3, -0.25) is 0 Å². The van der Waals surface area contributed by atoms with E-state index in [-0.39, 0.29) is 0 Å². The molecule has 6 heteroatoms. The third kappa shape index (κ3) is 7.97. The lowest BCUT2D eigenvalue weighted by molar-refractivity contribution is 1.10. The topological polar surface area (TPSA) is 24.6 Å². The average molecular weight is 1130 g/mol. The van der Waals surface area contributed by atoms with Crippen molar-refractivity contribution in [2.24, 2.45) is 0 Å². The van der Waals surface area contributed by atoms with Crippen LogP contribution in [0.4, 0.5) is 0 Å². The Morgan fingerprint density at radius 3 is 1.19 bits per heavy atom. The van der Waals surface area contributed by atoms with Crippen molar-refractivity contribution in [2.45, 2.75) is 6.42 Å². The van der Waals surface area contributed by atoms with E-state index in [4.69, 9.17) is 0 Å². The molecule has 0 spiro atoms. The Labute approximate surface area is 487 Å². The minimum atomic E-state index is 1.02. The van der Waals surface area contributed by atoms with Gasteiger partial charge >= 0.3 is 0 Å². The molecular weight excluding hydrogens is 1070 g/mol. The van der Waals surface area contributed by atoms with Crippen LogP contribution >= 0.6 is 15.9 Å². The van der Waals surface area contributed by atoms with Gasteiger partial charge in [0, 0.05) is 87.6 Å². The molecule has 0 unspecified atom stereocenters. The highest BCUT2D eigenvalue weighted by Gasteiger charge is 2.21. The molecule has 0 fully saturated rings. The molecule has 0 amide bonds. The van der Waals surface area contributed by atoms with Gasteiger partial charge in [0.25, 0.3) is 0 Å². The van der Waals surface area contributed by atoms with E-state index in [2.05, 4.69) is 342 Å². The fraction of sp³-hybridized carbons (Fsp3) is 0.0130. The standard InChI is InChI=1S/C38H25N3.C21H15N.C18H12BrN/c1-2-11-27(12-3-1)41-36-20-9-6-17-32(36)33-22-21-26-23-24-39(37(26)38(33)41)28-13-10-14-29(25-28)40-34-18-7-4-15-30(34)31-16-5-8-19-35(31)40;1-2-8-16(9-3-1)22-20-12-5-4-10-18(20)19-14-13-15-7-6-11-17(15)21(19)22;19-13-6-5-7-14(12-13)20-17-10-3-1-8-15(17)16-9-2-4-11-18(16)20/h1-25H;1-10,12-14H,11H2;1-12H. The fourth-order valence-electron chi connectivity index (χ4n) is 13.2. The van der Waals surface area contributed by atoms with Gasteiger partial charge in [-0.2, -0.15) is 0 Å². The van der Waals surface area contributed by atoms with Crippen molar-refractivity contribution in [3.05, 3.63) is 313 Å². The number of benzene rings is 12. The Hall–Kier alpha value is -10.4. The maximum atomic E-state index is 3.56. The molecule has 5 aromatic heterocycles. The molecule has 1 aliphatic rings. The zero-order chi connectivity index (χ0) is 55.0. The van der Waals surface area contributed by atoms with E-state index in [0.29, 0.717) is 0 Å². The smallest absolute Gasteiger partial charge is 0.0788 e. The van der Waals surface area contributed by atoms with Crippen molar-refractivity contribution < 1.29 is 0 Å². The lowest BCUT2D eigenvalue weighted by Gasteiger charge is -2.14. The van der Waals surface area contributed by atoms with E-state index >= 15 is 0 Å². The van der Waals surface area contributed by atoms with Crippen molar-refractivity contribution in [1.29, 1.82) is 0 Å². The van der Waals surface area contributed by atoms with Crippen LogP contribution in [0.15, 0.2) is 302 Å². The number of nitrogens with zero attached hydrogens (tertiary/aromatic N) is 5. The Bertz CT molecular complexity index is 5270. The molecule has 5 nitrogen and oxygen atoms in total. The highest BCUT2D eigenvalue weighted by Crippen LogP contribution is 2.41. The molecule has 392 valence electrons. The van der Waals surface area contributed by atoms with E-state index < -0.39 is 0 Å². The Balaban J connectivity index is 0.000000113. The summed E-state index contributed by atoms with van der Waals surface area (Å²) in [5, 5.41) is 11.6. The number of allylic oxidation sites excluding steroid dienone is 1. The minimum absolute atomic E-state index is 1.02. The molecule has 18 rings (SSSR count). The van der Waals surface area contributed by atoms with Crippen molar-refractivity contribution in [3.8, 4) is 28.4 Å². The summed E-state index contributed by atoms with van der Waals surface area (Å²) >= 11 is 3.56. The van der Waals surface area contributed by atoms with Gasteiger partial charge in [0.2, 0.25) is 0 Å². The second-order valence-electron chi connectivity index (χ2n) is 21.3. The van der Waals surface area contributed by atoms with Crippen LogP contribution in [0.2, 0.25) is 0 Å². The quantitative estimate of drug-likeness (QED) is 0.164. The van der Waals surface area contributed by atoms with E-state index in [1.165, 1.54) is 121 Å². The highest BCUT2D eigenvalue weighted by molar-refractivity contribution is 9.10. The molecule has 12 aromatic carbocycles. The number of hydrogen-bond donors (Lipinski definition) is 0. The zero-order valence-corrected chi connectivity index (χ0v) is 46.8. The van der Waals surface area contributed by atoms with Crippen LogP contribution in [0.1, 0.15) is 11.1 Å². The maximum absolute atomic E-state index is 3.56. The van der Waals surface area contributed by atoms with Gasteiger partial charge in [0.15, 0.2) is 0 Å². The van der Waals surface area contributed by atoms with Crippen molar-refractivity contribution >= 4 is 120 Å². The van der Waals surface area contributed by atoms with Crippen LogP contribution in [-0.4, -0.2) is 22.8 Å². The molecule has 0 aliphatic heterocycles. The predicted octanol–water partition coefficient (Wildman–Crippen LogP) is 20.7. The maximum Gasteiger partial charge on any atom is 0.0788 e. The first-order valence-electron chi connectivity index (χ1n) is 28.3. The summed E-state index contributed by atoms with van der Waals surface area (Å²) in [6.07, 6.45) is 7.73. The molecule has 83 heavy (non-hydrogen) atoms. The first-order chi connectivity index (χ1) is 41.1. The summed E-state index contributed by atoms with van der Waals surface area (Å²) in [5.41, 5.74) is 19.9. The lowest BCUT2D eigenvalue weighted by Crippen LogP contribution is -1.99. The summed E-state index contributed by atoms with van der Waals surface area (Å²) in [7, 11) is 0. The van der Waals surface area contributed by atoms with Gasteiger partial charge in [-0.1, -0.05) is 210 Å². The molecule has 0 N–H and O–H groups in total. The Kier molecular flexibility index (Phi) is 11.7. The number of aromatic nitrogens is 5.